The van der Waals surface area contributed by atoms with Crippen molar-refractivity contribution in [3.8, 4) is 0 Å². The van der Waals surface area contributed by atoms with Gasteiger partial charge in [0.25, 0.3) is 0 Å². The molecule has 1 saturated heterocycles. The van der Waals surface area contributed by atoms with Crippen molar-refractivity contribution in [2.75, 3.05) is 24.6 Å². The minimum atomic E-state index is 0.127. The zero-order valence-electron chi connectivity index (χ0n) is 12.0. The van der Waals surface area contributed by atoms with Gasteiger partial charge in [0, 0.05) is 13.1 Å². The molecule has 0 N–H and O–H groups in total. The number of hydrogen-bond donors (Lipinski definition) is 0. The van der Waals surface area contributed by atoms with E-state index in [1.807, 2.05) is 9.58 Å². The first-order valence-electron chi connectivity index (χ1n) is 7.67. The first-order valence-corrected chi connectivity index (χ1v) is 8.83. The summed E-state index contributed by atoms with van der Waals surface area (Å²) in [5.41, 5.74) is 1.01. The monoisotopic (exact) mass is 308 g/mol. The van der Waals surface area contributed by atoms with E-state index in [9.17, 15) is 4.79 Å². The van der Waals surface area contributed by atoms with E-state index in [-0.39, 0.29) is 18.1 Å². The summed E-state index contributed by atoms with van der Waals surface area (Å²) >= 11 is 1.79. The molecule has 4 rings (SSSR count). The van der Waals surface area contributed by atoms with Crippen LogP contribution in [0.3, 0.4) is 0 Å². The van der Waals surface area contributed by atoms with Crippen molar-refractivity contribution in [2.24, 2.45) is 5.92 Å². The number of hydrogen-bond acceptors (Lipinski definition) is 5. The molecule has 1 aromatic rings. The smallest absolute Gasteiger partial charge is 0.232 e. The molecule has 1 amide bonds. The zero-order valence-corrected chi connectivity index (χ0v) is 12.8. The molecule has 2 fully saturated rings. The van der Waals surface area contributed by atoms with E-state index in [2.05, 4.69) is 10.3 Å². The maximum atomic E-state index is 12.3. The number of nitrogens with zero attached hydrogens (tertiary/aromatic N) is 4. The van der Waals surface area contributed by atoms with Gasteiger partial charge in [-0.3, -0.25) is 4.79 Å². The number of rotatable bonds is 4. The van der Waals surface area contributed by atoms with Crippen molar-refractivity contribution < 1.29 is 9.53 Å². The molecule has 21 heavy (non-hydrogen) atoms. The molecule has 7 heteroatoms. The third kappa shape index (κ3) is 2.81. The molecule has 2 unspecified atom stereocenters. The lowest BCUT2D eigenvalue weighted by Gasteiger charge is -2.41. The standard InChI is InChI=1S/C14H20N4O2S/c19-14(9-21-8-10-1-2-10)17-4-3-13-12(6-17)18-11(7-20-13)5-15-16-18/h5,10,12-13H,1-4,6-9H2. The Balaban J connectivity index is 1.37. The summed E-state index contributed by atoms with van der Waals surface area (Å²) in [6, 6.07) is 0.127. The van der Waals surface area contributed by atoms with Crippen molar-refractivity contribution in [2.45, 2.75) is 38.0 Å². The lowest BCUT2D eigenvalue weighted by atomic mass is 10.0. The predicted octanol–water partition coefficient (Wildman–Crippen LogP) is 1.09. The molecule has 1 saturated carbocycles. The summed E-state index contributed by atoms with van der Waals surface area (Å²) < 4.78 is 7.82. The molecule has 6 nitrogen and oxygen atoms in total. The average Bonchev–Trinajstić information content (AvgIpc) is 3.20. The van der Waals surface area contributed by atoms with Crippen LogP contribution in [0.15, 0.2) is 6.20 Å². The van der Waals surface area contributed by atoms with Gasteiger partial charge in [-0.05, 0) is 30.9 Å². The van der Waals surface area contributed by atoms with Gasteiger partial charge in [0.05, 0.1) is 36.4 Å². The minimum Gasteiger partial charge on any atom is -0.370 e. The van der Waals surface area contributed by atoms with Crippen LogP contribution >= 0.6 is 11.8 Å². The highest BCUT2D eigenvalue weighted by Gasteiger charge is 2.37. The number of amides is 1. The molecule has 2 aliphatic heterocycles. The molecular weight excluding hydrogens is 288 g/mol. The van der Waals surface area contributed by atoms with Gasteiger partial charge < -0.3 is 9.64 Å². The summed E-state index contributed by atoms with van der Waals surface area (Å²) in [5, 5.41) is 8.14. The predicted molar refractivity (Wildman–Crippen MR) is 78.9 cm³/mol. The van der Waals surface area contributed by atoms with E-state index in [4.69, 9.17) is 4.74 Å². The molecule has 2 atom stereocenters. The van der Waals surface area contributed by atoms with Gasteiger partial charge in [-0.25, -0.2) is 4.68 Å². The van der Waals surface area contributed by atoms with Crippen molar-refractivity contribution in [3.05, 3.63) is 11.9 Å². The zero-order chi connectivity index (χ0) is 14.2. The van der Waals surface area contributed by atoms with Crippen LogP contribution in [-0.4, -0.2) is 56.5 Å². The largest absolute Gasteiger partial charge is 0.370 e. The second-order valence-corrected chi connectivity index (χ2v) is 7.20. The second-order valence-electron chi connectivity index (χ2n) is 6.17. The molecule has 114 valence electrons. The molecule has 0 spiro atoms. The van der Waals surface area contributed by atoms with Gasteiger partial charge >= 0.3 is 0 Å². The molecule has 3 heterocycles. The number of thioether (sulfide) groups is 1. The van der Waals surface area contributed by atoms with Crippen LogP contribution in [0.2, 0.25) is 0 Å². The van der Waals surface area contributed by atoms with E-state index in [1.165, 1.54) is 12.8 Å². The topological polar surface area (TPSA) is 60.3 Å². The fourth-order valence-corrected chi connectivity index (χ4v) is 4.24. The number of aromatic nitrogens is 3. The Morgan fingerprint density at radius 3 is 3.19 bits per heavy atom. The fraction of sp³-hybridized carbons (Fsp3) is 0.786. The summed E-state index contributed by atoms with van der Waals surface area (Å²) in [5.74, 6) is 2.88. The van der Waals surface area contributed by atoms with Crippen LogP contribution in [0.4, 0.5) is 0 Å². The van der Waals surface area contributed by atoms with E-state index in [0.29, 0.717) is 18.9 Å². The van der Waals surface area contributed by atoms with Gasteiger partial charge in [0.2, 0.25) is 5.91 Å². The molecule has 1 aliphatic carbocycles. The normalized spacial score (nSPS) is 28.1. The fourth-order valence-electron chi connectivity index (χ4n) is 3.09. The second kappa shape index (κ2) is 5.61. The number of ether oxygens (including phenoxy) is 1. The van der Waals surface area contributed by atoms with Gasteiger partial charge in [-0.1, -0.05) is 5.21 Å². The Bertz CT molecular complexity index is 531. The van der Waals surface area contributed by atoms with Gasteiger partial charge in [0.15, 0.2) is 0 Å². The Morgan fingerprint density at radius 1 is 1.43 bits per heavy atom. The quantitative estimate of drug-likeness (QED) is 0.833. The molecule has 1 aromatic heterocycles. The summed E-state index contributed by atoms with van der Waals surface area (Å²) in [6.07, 6.45) is 5.51. The first-order chi connectivity index (χ1) is 10.3. The lowest BCUT2D eigenvalue weighted by Crippen LogP contribution is -2.50. The SMILES string of the molecule is O=C(CSCC1CC1)N1CCC2OCc3cnnn3C2C1. The minimum absolute atomic E-state index is 0.127. The lowest BCUT2D eigenvalue weighted by molar-refractivity contribution is -0.135. The van der Waals surface area contributed by atoms with Gasteiger partial charge in [-0.2, -0.15) is 11.8 Å². The number of piperidine rings is 1. The van der Waals surface area contributed by atoms with E-state index < -0.39 is 0 Å². The number of likely N-dealkylation sites (tertiary alicyclic amines) is 1. The highest BCUT2D eigenvalue weighted by molar-refractivity contribution is 7.99. The summed E-state index contributed by atoms with van der Waals surface area (Å²) in [4.78, 5) is 14.3. The van der Waals surface area contributed by atoms with Crippen LogP contribution in [0.5, 0.6) is 0 Å². The first kappa shape index (κ1) is 13.6. The average molecular weight is 308 g/mol. The molecule has 0 radical (unpaired) electrons. The molecule has 0 bridgehead atoms. The van der Waals surface area contributed by atoms with Gasteiger partial charge in [-0.15, -0.1) is 5.10 Å². The molecular formula is C14H20N4O2S. The van der Waals surface area contributed by atoms with Crippen molar-refractivity contribution in [1.82, 2.24) is 19.9 Å². The maximum absolute atomic E-state index is 12.3. The maximum Gasteiger partial charge on any atom is 0.232 e. The summed E-state index contributed by atoms with van der Waals surface area (Å²) in [6.45, 7) is 2.08. The van der Waals surface area contributed by atoms with Crippen LogP contribution in [0.1, 0.15) is 31.0 Å². The highest BCUT2D eigenvalue weighted by Crippen LogP contribution is 2.33. The van der Waals surface area contributed by atoms with Crippen LogP contribution in [0.25, 0.3) is 0 Å². The third-order valence-electron chi connectivity index (χ3n) is 4.56. The Kier molecular flexibility index (Phi) is 3.62. The molecule has 3 aliphatic rings. The van der Waals surface area contributed by atoms with Crippen molar-refractivity contribution in [3.63, 3.8) is 0 Å². The van der Waals surface area contributed by atoms with Crippen LogP contribution < -0.4 is 0 Å². The number of fused-ring (bicyclic) bond motifs is 3. The van der Waals surface area contributed by atoms with Crippen LogP contribution in [0, 0.1) is 5.92 Å². The Hall–Kier alpha value is -1.08. The highest BCUT2D eigenvalue weighted by atomic mass is 32.2. The van der Waals surface area contributed by atoms with E-state index >= 15 is 0 Å². The number of carbonyl (C=O) groups is 1. The summed E-state index contributed by atoms with van der Waals surface area (Å²) in [7, 11) is 0. The van der Waals surface area contributed by atoms with Crippen molar-refractivity contribution >= 4 is 17.7 Å². The van der Waals surface area contributed by atoms with Crippen LogP contribution in [-0.2, 0) is 16.1 Å². The Morgan fingerprint density at radius 2 is 2.33 bits per heavy atom. The molecule has 0 aromatic carbocycles. The van der Waals surface area contributed by atoms with E-state index in [0.717, 1.165) is 30.3 Å². The van der Waals surface area contributed by atoms with E-state index in [1.54, 1.807) is 18.0 Å². The third-order valence-corrected chi connectivity index (χ3v) is 5.72. The Labute approximate surface area is 128 Å². The number of carbonyl (C=O) groups excluding carboxylic acids is 1. The van der Waals surface area contributed by atoms with Crippen molar-refractivity contribution in [1.29, 1.82) is 0 Å². The van der Waals surface area contributed by atoms with Gasteiger partial charge in [0.1, 0.15) is 0 Å².